The van der Waals surface area contributed by atoms with Gasteiger partial charge in [-0.2, -0.15) is 4.31 Å². The van der Waals surface area contributed by atoms with Crippen LogP contribution in [0.15, 0.2) is 84.0 Å². The van der Waals surface area contributed by atoms with E-state index in [1.165, 1.54) is 70.1 Å². The molecule has 13 nitrogen and oxygen atoms in total. The van der Waals surface area contributed by atoms with E-state index in [0.717, 1.165) is 23.1 Å². The molecule has 0 spiro atoms. The zero-order valence-electron chi connectivity index (χ0n) is 28.1. The summed E-state index contributed by atoms with van der Waals surface area (Å²) in [5.74, 6) is -3.57. The second-order valence-corrected chi connectivity index (χ2v) is 15.2. The number of hydrogen-bond donors (Lipinski definition) is 2. The molecule has 2 aliphatic heterocycles. The van der Waals surface area contributed by atoms with Crippen LogP contribution in [0, 0.1) is 23.0 Å². The number of halogens is 2. The summed E-state index contributed by atoms with van der Waals surface area (Å²) < 4.78 is 61.6. The van der Waals surface area contributed by atoms with Crippen molar-refractivity contribution < 1.29 is 36.3 Å². The van der Waals surface area contributed by atoms with Crippen molar-refractivity contribution in [1.82, 2.24) is 19.2 Å². The average molecular weight is 720 g/mol. The lowest BCUT2D eigenvalue weighted by molar-refractivity contribution is -0.132. The van der Waals surface area contributed by atoms with E-state index >= 15 is 4.39 Å². The van der Waals surface area contributed by atoms with Crippen LogP contribution >= 0.6 is 0 Å². The highest BCUT2D eigenvalue weighted by molar-refractivity contribution is 7.89. The summed E-state index contributed by atoms with van der Waals surface area (Å²) in [5, 5.41) is 5.51. The minimum absolute atomic E-state index is 0.0467. The Bertz CT molecular complexity index is 2090. The molecular formula is C35H35F2N7O6S. The molecule has 0 bridgehead atoms. The van der Waals surface area contributed by atoms with Crippen LogP contribution in [0.1, 0.15) is 27.7 Å². The van der Waals surface area contributed by atoms with Gasteiger partial charge in [-0.3, -0.25) is 9.59 Å². The SMILES string of the molecule is CC(C)N1CC(C(=O)Nc2ccc(Oc3ccnc(Nc4ccc(S(=O)(=O)N5CC(C)(C)C5)cn4)c3)c(F)c2)C(=O)N(c2ccc(F)cc2)C1=O. The molecule has 2 saturated heterocycles. The maximum absolute atomic E-state index is 15.2. The first-order valence-electron chi connectivity index (χ1n) is 16.0. The number of pyridine rings is 2. The molecule has 1 unspecified atom stereocenters. The summed E-state index contributed by atoms with van der Waals surface area (Å²) in [7, 11) is -3.64. The Morgan fingerprint density at radius 2 is 1.69 bits per heavy atom. The van der Waals surface area contributed by atoms with Gasteiger partial charge in [0.1, 0.15) is 34.0 Å². The Morgan fingerprint density at radius 1 is 0.961 bits per heavy atom. The topological polar surface area (TPSA) is 154 Å². The first-order valence-corrected chi connectivity index (χ1v) is 17.4. The van der Waals surface area contributed by atoms with Gasteiger partial charge in [-0.15, -0.1) is 0 Å². The maximum atomic E-state index is 15.2. The monoisotopic (exact) mass is 719 g/mol. The maximum Gasteiger partial charge on any atom is 0.331 e. The van der Waals surface area contributed by atoms with Crippen molar-refractivity contribution in [2.45, 2.75) is 38.6 Å². The molecule has 266 valence electrons. The number of urea groups is 1. The van der Waals surface area contributed by atoms with E-state index in [0.29, 0.717) is 24.7 Å². The van der Waals surface area contributed by atoms with Crippen molar-refractivity contribution in [3.8, 4) is 11.5 Å². The number of hydrogen-bond acceptors (Lipinski definition) is 9. The lowest BCUT2D eigenvalue weighted by Gasteiger charge is -2.44. The number of rotatable bonds is 10. The number of sulfonamides is 1. The number of carbonyl (C=O) groups is 3. The fourth-order valence-electron chi connectivity index (χ4n) is 5.71. The predicted octanol–water partition coefficient (Wildman–Crippen LogP) is 5.75. The van der Waals surface area contributed by atoms with Crippen molar-refractivity contribution in [1.29, 1.82) is 0 Å². The molecule has 2 N–H and O–H groups in total. The molecule has 4 amide bonds. The molecule has 0 saturated carbocycles. The van der Waals surface area contributed by atoms with Gasteiger partial charge in [-0.05, 0) is 73.9 Å². The van der Waals surface area contributed by atoms with Gasteiger partial charge in [0.25, 0.3) is 0 Å². The summed E-state index contributed by atoms with van der Waals surface area (Å²) in [6.45, 7) is 8.14. The number of anilines is 4. The van der Waals surface area contributed by atoms with Crippen LogP contribution in [0.3, 0.4) is 0 Å². The molecule has 4 aromatic rings. The van der Waals surface area contributed by atoms with Crippen LogP contribution in [0.5, 0.6) is 11.5 Å². The first-order chi connectivity index (χ1) is 24.1. The highest BCUT2D eigenvalue weighted by atomic mass is 32.2. The zero-order valence-corrected chi connectivity index (χ0v) is 28.9. The summed E-state index contributed by atoms with van der Waals surface area (Å²) in [6.07, 6.45) is 2.70. The largest absolute Gasteiger partial charge is 0.454 e. The van der Waals surface area contributed by atoms with Crippen molar-refractivity contribution in [3.05, 3.63) is 90.8 Å². The van der Waals surface area contributed by atoms with E-state index in [9.17, 15) is 27.2 Å². The van der Waals surface area contributed by atoms with Crippen molar-refractivity contribution in [3.63, 3.8) is 0 Å². The molecule has 0 aliphatic carbocycles. The quantitative estimate of drug-likeness (QED) is 0.195. The first kappa shape index (κ1) is 35.3. The highest BCUT2D eigenvalue weighted by Gasteiger charge is 2.45. The molecule has 1 atom stereocenters. The molecule has 2 aromatic heterocycles. The van der Waals surface area contributed by atoms with Crippen LogP contribution in [0.4, 0.5) is 36.6 Å². The molecule has 2 aliphatic rings. The van der Waals surface area contributed by atoms with E-state index in [4.69, 9.17) is 4.74 Å². The third-order valence-corrected chi connectivity index (χ3v) is 10.1. The van der Waals surface area contributed by atoms with E-state index < -0.39 is 45.4 Å². The van der Waals surface area contributed by atoms with Crippen LogP contribution in [-0.4, -0.2) is 71.1 Å². The van der Waals surface area contributed by atoms with E-state index in [-0.39, 0.29) is 45.8 Å². The number of carbonyl (C=O) groups excluding carboxylic acids is 3. The molecule has 2 aromatic carbocycles. The number of benzene rings is 2. The van der Waals surface area contributed by atoms with Crippen molar-refractivity contribution >= 4 is 50.9 Å². The lowest BCUT2D eigenvalue weighted by Crippen LogP contribution is -2.61. The second-order valence-electron chi connectivity index (χ2n) is 13.3. The Hall–Kier alpha value is -5.48. The second kappa shape index (κ2) is 13.7. The minimum atomic E-state index is -3.64. The number of imide groups is 1. The smallest absolute Gasteiger partial charge is 0.331 e. The molecule has 6 rings (SSSR count). The summed E-state index contributed by atoms with van der Waals surface area (Å²) in [5.41, 5.74) is 0.0999. The molecule has 0 radical (unpaired) electrons. The van der Waals surface area contributed by atoms with E-state index in [1.807, 2.05) is 13.8 Å². The van der Waals surface area contributed by atoms with E-state index in [1.54, 1.807) is 13.8 Å². The average Bonchev–Trinajstić information content (AvgIpc) is 3.06. The third kappa shape index (κ3) is 7.51. The number of nitrogens with one attached hydrogen (secondary N) is 2. The van der Waals surface area contributed by atoms with Gasteiger partial charge in [0.2, 0.25) is 21.8 Å². The highest BCUT2D eigenvalue weighted by Crippen LogP contribution is 2.34. The third-order valence-electron chi connectivity index (χ3n) is 8.36. The summed E-state index contributed by atoms with van der Waals surface area (Å²) in [4.78, 5) is 50.6. The van der Waals surface area contributed by atoms with Crippen molar-refractivity contribution in [2.24, 2.45) is 11.3 Å². The van der Waals surface area contributed by atoms with Gasteiger partial charge < -0.3 is 20.3 Å². The zero-order chi connectivity index (χ0) is 36.7. The summed E-state index contributed by atoms with van der Waals surface area (Å²) >= 11 is 0. The van der Waals surface area contributed by atoms with Gasteiger partial charge in [-0.25, -0.2) is 36.9 Å². The number of nitrogens with zero attached hydrogens (tertiary/aromatic N) is 5. The van der Waals surface area contributed by atoms with Gasteiger partial charge >= 0.3 is 6.03 Å². The Balaban J connectivity index is 1.10. The molecule has 51 heavy (non-hydrogen) atoms. The van der Waals surface area contributed by atoms with Crippen LogP contribution in [0.25, 0.3) is 0 Å². The van der Waals surface area contributed by atoms with Gasteiger partial charge in [-0.1, -0.05) is 13.8 Å². The summed E-state index contributed by atoms with van der Waals surface area (Å²) in [6, 6.07) is 13.5. The predicted molar refractivity (Wildman–Crippen MR) is 184 cm³/mol. The number of aromatic nitrogens is 2. The fourth-order valence-corrected chi connectivity index (χ4v) is 7.48. The Morgan fingerprint density at radius 3 is 2.31 bits per heavy atom. The minimum Gasteiger partial charge on any atom is -0.454 e. The van der Waals surface area contributed by atoms with E-state index in [2.05, 4.69) is 20.6 Å². The van der Waals surface area contributed by atoms with Gasteiger partial charge in [0, 0.05) is 55.9 Å². The fraction of sp³-hybridized carbons (Fsp3) is 0.286. The molecule has 2 fully saturated rings. The molecule has 4 heterocycles. The molecule has 16 heteroatoms. The Kier molecular flexibility index (Phi) is 9.48. The number of amides is 4. The van der Waals surface area contributed by atoms with Crippen LogP contribution in [-0.2, 0) is 19.6 Å². The van der Waals surface area contributed by atoms with Gasteiger partial charge in [0.05, 0.1) is 5.69 Å². The lowest BCUT2D eigenvalue weighted by atomic mass is 9.87. The van der Waals surface area contributed by atoms with Crippen molar-refractivity contribution in [2.75, 3.05) is 35.2 Å². The standard InChI is InChI=1S/C35H35F2N7O6S/c1-21(2)43-18-27(33(46)44(34(43)47)24-8-5-22(36)6-9-24)32(45)40-23-7-11-29(28(37)15-23)50-25-13-14-38-31(16-25)41-30-12-10-26(17-39-30)51(48,49)42-19-35(3,4)20-42/h5-17,21,27H,18-20H2,1-4H3,(H,40,45)(H,38,39,41). The normalized spacial score (nSPS) is 17.7. The molecular weight excluding hydrogens is 684 g/mol. The Labute approximate surface area is 293 Å². The number of ether oxygens (including phenoxy) is 1. The van der Waals surface area contributed by atoms with Gasteiger partial charge in [0.15, 0.2) is 11.6 Å². The van der Waals surface area contributed by atoms with Crippen LogP contribution in [0.2, 0.25) is 0 Å². The van der Waals surface area contributed by atoms with Crippen LogP contribution < -0.4 is 20.3 Å².